The van der Waals surface area contributed by atoms with Crippen molar-refractivity contribution in [1.82, 2.24) is 4.90 Å². The average molecular weight is 331 g/mol. The lowest BCUT2D eigenvalue weighted by Crippen LogP contribution is -2.33. The SMILES string of the molecule is NCC(c1cc(Br)cs1)N1CC2CCC(O)C2C1. The molecular formula is C13H19BrN2OS. The van der Waals surface area contributed by atoms with Crippen molar-refractivity contribution in [2.45, 2.75) is 25.0 Å². The molecule has 4 unspecified atom stereocenters. The molecule has 18 heavy (non-hydrogen) atoms. The Morgan fingerprint density at radius 2 is 2.33 bits per heavy atom. The predicted molar refractivity (Wildman–Crippen MR) is 77.6 cm³/mol. The summed E-state index contributed by atoms with van der Waals surface area (Å²) < 4.78 is 1.14. The molecule has 4 atom stereocenters. The molecule has 0 spiro atoms. The van der Waals surface area contributed by atoms with Crippen LogP contribution in [0.25, 0.3) is 0 Å². The second-order valence-electron chi connectivity index (χ2n) is 5.44. The van der Waals surface area contributed by atoms with E-state index in [-0.39, 0.29) is 6.10 Å². The van der Waals surface area contributed by atoms with E-state index in [1.807, 2.05) is 0 Å². The summed E-state index contributed by atoms with van der Waals surface area (Å²) in [5, 5.41) is 12.1. The van der Waals surface area contributed by atoms with Crippen molar-refractivity contribution in [3.63, 3.8) is 0 Å². The molecule has 0 radical (unpaired) electrons. The molecular weight excluding hydrogens is 312 g/mol. The smallest absolute Gasteiger partial charge is 0.0583 e. The first kappa shape index (κ1) is 13.1. The van der Waals surface area contributed by atoms with Gasteiger partial charge in [0, 0.05) is 40.3 Å². The number of hydrogen-bond donors (Lipinski definition) is 2. The Kier molecular flexibility index (Phi) is 3.78. The van der Waals surface area contributed by atoms with Crippen LogP contribution >= 0.6 is 27.3 Å². The maximum absolute atomic E-state index is 9.98. The highest BCUT2D eigenvalue weighted by molar-refractivity contribution is 9.10. The number of hydrogen-bond acceptors (Lipinski definition) is 4. The van der Waals surface area contributed by atoms with Crippen molar-refractivity contribution in [3.8, 4) is 0 Å². The van der Waals surface area contributed by atoms with Gasteiger partial charge in [-0.2, -0.15) is 0 Å². The monoisotopic (exact) mass is 330 g/mol. The molecule has 0 amide bonds. The third-order valence-corrected chi connectivity index (χ3v) is 6.22. The molecule has 3 nitrogen and oxygen atoms in total. The number of nitrogens with two attached hydrogens (primary N) is 1. The minimum atomic E-state index is -0.0894. The highest BCUT2D eigenvalue weighted by Crippen LogP contribution is 2.41. The first-order valence-corrected chi connectivity index (χ1v) is 8.22. The van der Waals surface area contributed by atoms with Crippen molar-refractivity contribution < 1.29 is 5.11 Å². The maximum Gasteiger partial charge on any atom is 0.0583 e. The Hall–Kier alpha value is 0.0600. The number of thiophene rings is 1. The van der Waals surface area contributed by atoms with Crippen LogP contribution in [0, 0.1) is 11.8 Å². The van der Waals surface area contributed by atoms with E-state index in [9.17, 15) is 5.11 Å². The van der Waals surface area contributed by atoms with Gasteiger partial charge in [-0.3, -0.25) is 4.90 Å². The van der Waals surface area contributed by atoms with Gasteiger partial charge >= 0.3 is 0 Å². The Bertz CT molecular complexity index is 425. The summed E-state index contributed by atoms with van der Waals surface area (Å²) >= 11 is 5.27. The van der Waals surface area contributed by atoms with Gasteiger partial charge in [0.2, 0.25) is 0 Å². The van der Waals surface area contributed by atoms with Crippen molar-refractivity contribution in [2.75, 3.05) is 19.6 Å². The normalized spacial score (nSPS) is 33.8. The molecule has 1 aliphatic carbocycles. The lowest BCUT2D eigenvalue weighted by molar-refractivity contribution is 0.118. The summed E-state index contributed by atoms with van der Waals surface area (Å²) in [6.45, 7) is 2.75. The lowest BCUT2D eigenvalue weighted by Gasteiger charge is -2.26. The number of likely N-dealkylation sites (tertiary alicyclic amines) is 1. The van der Waals surface area contributed by atoms with Gasteiger partial charge in [-0.1, -0.05) is 0 Å². The van der Waals surface area contributed by atoms with E-state index < -0.39 is 0 Å². The third-order valence-electron chi connectivity index (χ3n) is 4.43. The predicted octanol–water partition coefficient (Wildman–Crippen LogP) is 2.21. The van der Waals surface area contributed by atoms with Crippen LogP contribution in [0.5, 0.6) is 0 Å². The van der Waals surface area contributed by atoms with Crippen molar-refractivity contribution in [1.29, 1.82) is 0 Å². The van der Waals surface area contributed by atoms with E-state index in [1.165, 1.54) is 11.3 Å². The second-order valence-corrected chi connectivity index (χ2v) is 7.30. The van der Waals surface area contributed by atoms with E-state index in [4.69, 9.17) is 5.73 Å². The van der Waals surface area contributed by atoms with E-state index in [0.717, 1.165) is 24.0 Å². The van der Waals surface area contributed by atoms with Crippen molar-refractivity contribution in [2.24, 2.45) is 17.6 Å². The number of halogens is 1. The molecule has 3 N–H and O–H groups in total. The van der Waals surface area contributed by atoms with Gasteiger partial charge in [0.15, 0.2) is 0 Å². The first-order valence-electron chi connectivity index (χ1n) is 6.55. The van der Waals surface area contributed by atoms with Crippen LogP contribution in [0.3, 0.4) is 0 Å². The highest BCUT2D eigenvalue weighted by Gasteiger charge is 2.43. The quantitative estimate of drug-likeness (QED) is 0.893. The van der Waals surface area contributed by atoms with E-state index in [0.29, 0.717) is 24.4 Å². The second kappa shape index (κ2) is 5.21. The molecule has 1 saturated heterocycles. The van der Waals surface area contributed by atoms with Gasteiger partial charge in [-0.25, -0.2) is 0 Å². The van der Waals surface area contributed by atoms with Crippen LogP contribution in [0.4, 0.5) is 0 Å². The molecule has 0 aromatic carbocycles. The first-order chi connectivity index (χ1) is 8.69. The van der Waals surface area contributed by atoms with Gasteiger partial charge in [0.25, 0.3) is 0 Å². The molecule has 1 saturated carbocycles. The third kappa shape index (κ3) is 2.27. The Balaban J connectivity index is 1.74. The summed E-state index contributed by atoms with van der Waals surface area (Å²) in [6.07, 6.45) is 2.07. The zero-order chi connectivity index (χ0) is 12.7. The van der Waals surface area contributed by atoms with E-state index >= 15 is 0 Å². The Labute approximate surface area is 120 Å². The van der Waals surface area contributed by atoms with Gasteiger partial charge in [0.05, 0.1) is 12.1 Å². The van der Waals surface area contributed by atoms with Crippen LogP contribution in [0.15, 0.2) is 15.9 Å². The standard InChI is InChI=1S/C13H19BrN2OS/c14-9-3-13(18-7-9)11(4-15)16-5-8-1-2-12(17)10(8)6-16/h3,7-8,10-12,17H,1-2,4-6,15H2. The van der Waals surface area contributed by atoms with Crippen molar-refractivity contribution >= 4 is 27.3 Å². The minimum absolute atomic E-state index is 0.0894. The largest absolute Gasteiger partial charge is 0.393 e. The maximum atomic E-state index is 9.98. The van der Waals surface area contributed by atoms with Crippen LogP contribution in [0.1, 0.15) is 23.8 Å². The number of fused-ring (bicyclic) bond motifs is 1. The van der Waals surface area contributed by atoms with Crippen LogP contribution < -0.4 is 5.73 Å². The average Bonchev–Trinajstić information content (AvgIpc) is 3.01. The highest BCUT2D eigenvalue weighted by atomic mass is 79.9. The zero-order valence-corrected chi connectivity index (χ0v) is 12.7. The molecule has 0 bridgehead atoms. The fraction of sp³-hybridized carbons (Fsp3) is 0.692. The molecule has 5 heteroatoms. The van der Waals surface area contributed by atoms with Gasteiger partial charge in [-0.15, -0.1) is 11.3 Å². The lowest BCUT2D eigenvalue weighted by atomic mass is 10.00. The van der Waals surface area contributed by atoms with Gasteiger partial charge in [-0.05, 0) is 40.8 Å². The molecule has 2 heterocycles. The summed E-state index contributed by atoms with van der Waals surface area (Å²) in [4.78, 5) is 3.80. The van der Waals surface area contributed by atoms with Crippen LogP contribution in [-0.4, -0.2) is 35.7 Å². The fourth-order valence-corrected chi connectivity index (χ4v) is 5.07. The number of nitrogens with zero attached hydrogens (tertiary/aromatic N) is 1. The van der Waals surface area contributed by atoms with Crippen LogP contribution in [-0.2, 0) is 0 Å². The van der Waals surface area contributed by atoms with Crippen molar-refractivity contribution in [3.05, 3.63) is 20.8 Å². The molecule has 1 aromatic heterocycles. The molecule has 1 aromatic rings. The summed E-state index contributed by atoms with van der Waals surface area (Å²) in [5.41, 5.74) is 5.97. The summed E-state index contributed by atoms with van der Waals surface area (Å²) in [5.74, 6) is 1.15. The molecule has 3 rings (SSSR count). The van der Waals surface area contributed by atoms with Gasteiger partial charge < -0.3 is 10.8 Å². The molecule has 1 aliphatic heterocycles. The van der Waals surface area contributed by atoms with E-state index in [1.54, 1.807) is 11.3 Å². The minimum Gasteiger partial charge on any atom is -0.393 e. The van der Waals surface area contributed by atoms with Crippen LogP contribution in [0.2, 0.25) is 0 Å². The number of aliphatic hydroxyl groups is 1. The van der Waals surface area contributed by atoms with Gasteiger partial charge in [0.1, 0.15) is 0 Å². The Morgan fingerprint density at radius 3 is 2.94 bits per heavy atom. The van der Waals surface area contributed by atoms with E-state index in [2.05, 4.69) is 32.3 Å². The molecule has 100 valence electrons. The topological polar surface area (TPSA) is 49.5 Å². The number of rotatable bonds is 3. The number of aliphatic hydroxyl groups excluding tert-OH is 1. The summed E-state index contributed by atoms with van der Waals surface area (Å²) in [6, 6.07) is 2.49. The summed E-state index contributed by atoms with van der Waals surface area (Å²) in [7, 11) is 0. The Morgan fingerprint density at radius 1 is 1.50 bits per heavy atom. The molecule has 2 fully saturated rings. The fourth-order valence-electron chi connectivity index (χ4n) is 3.47. The zero-order valence-electron chi connectivity index (χ0n) is 10.3. The molecule has 2 aliphatic rings.